The molecule has 1 saturated heterocycles. The van der Waals surface area contributed by atoms with Gasteiger partial charge in [0.05, 0.1) is 28.9 Å². The van der Waals surface area contributed by atoms with Crippen LogP contribution in [0.3, 0.4) is 0 Å². The third-order valence-corrected chi connectivity index (χ3v) is 5.41. The zero-order chi connectivity index (χ0) is 21.2. The third kappa shape index (κ3) is 4.34. The SMILES string of the molecule is C=C/C=C(\C=N)C(=O)N1CC2CC(Oc3ccc(C#N)c(C(F)(F)F)c3)CC2C1. The normalized spacial score (nSPS) is 24.0. The molecular formula is C21H20F3N3O2. The fourth-order valence-corrected chi connectivity index (χ4v) is 4.12. The van der Waals surface area contributed by atoms with Gasteiger partial charge >= 0.3 is 6.18 Å². The Hall–Kier alpha value is -3.08. The first kappa shape index (κ1) is 20.6. The van der Waals surface area contributed by atoms with E-state index in [0.29, 0.717) is 25.9 Å². The number of hydrogen-bond donors (Lipinski definition) is 1. The van der Waals surface area contributed by atoms with Gasteiger partial charge in [-0.2, -0.15) is 18.4 Å². The number of hydrogen-bond acceptors (Lipinski definition) is 4. The standard InChI is InChI=1S/C21H20F3N3O2/c1-2-3-14(10-26)20(28)27-11-15-6-18(7-16(15)12-27)29-17-5-4-13(9-25)19(8-17)21(22,23)24/h2-5,8,10,15-16,18,26H,1,6-7,11-12H2/b14-3+,26-10?. The maximum atomic E-state index is 13.1. The smallest absolute Gasteiger partial charge is 0.417 e. The number of likely N-dealkylation sites (tertiary alicyclic amines) is 1. The number of nitrogens with one attached hydrogen (secondary N) is 1. The monoisotopic (exact) mass is 403 g/mol. The number of amides is 1. The van der Waals surface area contributed by atoms with Crippen LogP contribution in [0.1, 0.15) is 24.0 Å². The lowest BCUT2D eigenvalue weighted by molar-refractivity contribution is -0.138. The molecule has 2 atom stereocenters. The average molecular weight is 403 g/mol. The van der Waals surface area contributed by atoms with Crippen LogP contribution in [0.4, 0.5) is 13.2 Å². The van der Waals surface area contributed by atoms with E-state index in [1.165, 1.54) is 18.2 Å². The summed E-state index contributed by atoms with van der Waals surface area (Å²) in [7, 11) is 0. The molecule has 0 aromatic heterocycles. The van der Waals surface area contributed by atoms with Crippen LogP contribution in [0.25, 0.3) is 0 Å². The van der Waals surface area contributed by atoms with Crippen LogP contribution < -0.4 is 4.74 Å². The summed E-state index contributed by atoms with van der Waals surface area (Å²) in [5.41, 5.74) is -1.16. The van der Waals surface area contributed by atoms with Gasteiger partial charge in [0.1, 0.15) is 5.75 Å². The number of benzene rings is 1. The van der Waals surface area contributed by atoms with E-state index in [-0.39, 0.29) is 35.2 Å². The van der Waals surface area contributed by atoms with Crippen molar-refractivity contribution < 1.29 is 22.7 Å². The molecule has 1 amide bonds. The van der Waals surface area contributed by atoms with Crippen LogP contribution in [0, 0.1) is 28.6 Å². The summed E-state index contributed by atoms with van der Waals surface area (Å²) >= 11 is 0. The highest BCUT2D eigenvalue weighted by Gasteiger charge is 2.43. The number of rotatable bonds is 5. The maximum absolute atomic E-state index is 13.1. The Morgan fingerprint density at radius 2 is 1.97 bits per heavy atom. The molecule has 2 unspecified atom stereocenters. The minimum Gasteiger partial charge on any atom is -0.490 e. The Kier molecular flexibility index (Phi) is 5.78. The predicted molar refractivity (Wildman–Crippen MR) is 100 cm³/mol. The van der Waals surface area contributed by atoms with Crippen molar-refractivity contribution in [3.05, 3.63) is 53.6 Å². The second kappa shape index (κ2) is 8.11. The number of alkyl halides is 3. The number of carbonyl (C=O) groups excluding carboxylic acids is 1. The molecule has 2 fully saturated rings. The fourth-order valence-electron chi connectivity index (χ4n) is 4.12. The number of carbonyl (C=O) groups is 1. The van der Waals surface area contributed by atoms with Crippen LogP contribution in [-0.4, -0.2) is 36.2 Å². The zero-order valence-corrected chi connectivity index (χ0v) is 15.6. The molecule has 1 heterocycles. The highest BCUT2D eigenvalue weighted by molar-refractivity contribution is 6.11. The fraction of sp³-hybridized carbons (Fsp3) is 0.381. The molecule has 0 spiro atoms. The average Bonchev–Trinajstić information content (AvgIpc) is 3.23. The van der Waals surface area contributed by atoms with Gasteiger partial charge in [0.25, 0.3) is 5.91 Å². The van der Waals surface area contributed by atoms with Crippen LogP contribution in [-0.2, 0) is 11.0 Å². The zero-order valence-electron chi connectivity index (χ0n) is 15.6. The summed E-state index contributed by atoms with van der Waals surface area (Å²) in [5, 5.41) is 16.2. The number of ether oxygens (including phenoxy) is 1. The summed E-state index contributed by atoms with van der Waals surface area (Å²) in [6.07, 6.45) is 0.393. The number of nitrogens with zero attached hydrogens (tertiary/aromatic N) is 2. The van der Waals surface area contributed by atoms with Gasteiger partial charge in [-0.05, 0) is 49.0 Å². The molecule has 1 N–H and O–H groups in total. The van der Waals surface area contributed by atoms with Gasteiger partial charge < -0.3 is 15.0 Å². The van der Waals surface area contributed by atoms with Crippen molar-refractivity contribution in [1.29, 1.82) is 10.7 Å². The molecule has 1 aromatic rings. The molecule has 3 rings (SSSR count). The maximum Gasteiger partial charge on any atom is 0.417 e. The lowest BCUT2D eigenvalue weighted by Crippen LogP contribution is -2.32. The van der Waals surface area contributed by atoms with Gasteiger partial charge in [-0.3, -0.25) is 4.79 Å². The van der Waals surface area contributed by atoms with E-state index >= 15 is 0 Å². The minimum atomic E-state index is -4.62. The molecule has 0 bridgehead atoms. The van der Waals surface area contributed by atoms with E-state index in [9.17, 15) is 18.0 Å². The first-order valence-corrected chi connectivity index (χ1v) is 9.17. The lowest BCUT2D eigenvalue weighted by Gasteiger charge is -2.21. The molecule has 2 aliphatic rings. The minimum absolute atomic E-state index is 0.0919. The van der Waals surface area contributed by atoms with Crippen molar-refractivity contribution in [2.24, 2.45) is 11.8 Å². The molecule has 152 valence electrons. The summed E-state index contributed by atoms with van der Waals surface area (Å²) < 4.78 is 45.1. The number of fused-ring (bicyclic) bond motifs is 1. The summed E-state index contributed by atoms with van der Waals surface area (Å²) in [6.45, 7) is 4.61. The van der Waals surface area contributed by atoms with Gasteiger partial charge in [0, 0.05) is 19.3 Å². The number of allylic oxidation sites excluding steroid dienone is 2. The Morgan fingerprint density at radius 3 is 2.48 bits per heavy atom. The van der Waals surface area contributed by atoms with E-state index in [0.717, 1.165) is 18.3 Å². The first-order chi connectivity index (χ1) is 13.8. The molecule has 1 aliphatic carbocycles. The van der Waals surface area contributed by atoms with Crippen LogP contribution >= 0.6 is 0 Å². The highest BCUT2D eigenvalue weighted by Crippen LogP contribution is 2.41. The van der Waals surface area contributed by atoms with Crippen molar-refractivity contribution in [2.45, 2.75) is 25.1 Å². The Morgan fingerprint density at radius 1 is 1.31 bits per heavy atom. The quantitative estimate of drug-likeness (QED) is 0.459. The molecule has 1 saturated carbocycles. The molecule has 0 radical (unpaired) electrons. The molecule has 8 heteroatoms. The van der Waals surface area contributed by atoms with E-state index in [1.807, 2.05) is 0 Å². The largest absolute Gasteiger partial charge is 0.490 e. The molecule has 1 aliphatic heterocycles. The molecular weight excluding hydrogens is 383 g/mol. The van der Waals surface area contributed by atoms with Gasteiger partial charge in [0.2, 0.25) is 0 Å². The second-order valence-electron chi connectivity index (χ2n) is 7.26. The van der Waals surface area contributed by atoms with Crippen molar-refractivity contribution in [3.63, 3.8) is 0 Å². The Labute approximate surface area is 166 Å². The van der Waals surface area contributed by atoms with Crippen LogP contribution in [0.5, 0.6) is 5.75 Å². The van der Waals surface area contributed by atoms with Gasteiger partial charge in [-0.25, -0.2) is 0 Å². The molecule has 29 heavy (non-hydrogen) atoms. The van der Waals surface area contributed by atoms with Crippen LogP contribution in [0.15, 0.2) is 42.5 Å². The Bertz CT molecular complexity index is 887. The van der Waals surface area contributed by atoms with Gasteiger partial charge in [0.15, 0.2) is 0 Å². The topological polar surface area (TPSA) is 77.2 Å². The number of halogens is 3. The van der Waals surface area contributed by atoms with Gasteiger partial charge in [-0.1, -0.05) is 12.7 Å². The lowest BCUT2D eigenvalue weighted by atomic mass is 10.0. The first-order valence-electron chi connectivity index (χ1n) is 9.17. The third-order valence-electron chi connectivity index (χ3n) is 5.41. The van der Waals surface area contributed by atoms with Crippen molar-refractivity contribution >= 4 is 12.1 Å². The second-order valence-corrected chi connectivity index (χ2v) is 7.26. The van der Waals surface area contributed by atoms with E-state index in [4.69, 9.17) is 15.4 Å². The Balaban J connectivity index is 1.64. The van der Waals surface area contributed by atoms with Crippen molar-refractivity contribution in [1.82, 2.24) is 4.90 Å². The molecule has 1 aromatic carbocycles. The number of nitriles is 1. The van der Waals surface area contributed by atoms with E-state index in [1.54, 1.807) is 11.0 Å². The van der Waals surface area contributed by atoms with E-state index < -0.39 is 17.3 Å². The van der Waals surface area contributed by atoms with Crippen molar-refractivity contribution in [2.75, 3.05) is 13.1 Å². The molecule has 5 nitrogen and oxygen atoms in total. The van der Waals surface area contributed by atoms with Crippen LogP contribution in [0.2, 0.25) is 0 Å². The van der Waals surface area contributed by atoms with Crippen molar-refractivity contribution in [3.8, 4) is 11.8 Å². The predicted octanol–water partition coefficient (Wildman–Crippen LogP) is 3.95. The summed E-state index contributed by atoms with van der Waals surface area (Å²) in [6, 6.07) is 4.94. The summed E-state index contributed by atoms with van der Waals surface area (Å²) in [5.74, 6) is 0.295. The van der Waals surface area contributed by atoms with E-state index in [2.05, 4.69) is 6.58 Å². The van der Waals surface area contributed by atoms with Gasteiger partial charge in [-0.15, -0.1) is 0 Å². The summed E-state index contributed by atoms with van der Waals surface area (Å²) in [4.78, 5) is 14.2. The highest BCUT2D eigenvalue weighted by atomic mass is 19.4.